The Morgan fingerprint density at radius 2 is 2.24 bits per heavy atom. The molecule has 2 N–H and O–H groups in total. The maximum Gasteiger partial charge on any atom is 0.226 e. The fourth-order valence-electron chi connectivity index (χ4n) is 3.16. The number of benzene rings is 1. The van der Waals surface area contributed by atoms with Gasteiger partial charge in [-0.15, -0.1) is 0 Å². The van der Waals surface area contributed by atoms with Gasteiger partial charge in [0.1, 0.15) is 12.4 Å². The summed E-state index contributed by atoms with van der Waals surface area (Å²) in [6, 6.07) is 8.39. The minimum Gasteiger partial charge on any atom is -0.488 e. The normalized spacial score (nSPS) is 19.9. The highest BCUT2D eigenvalue weighted by Gasteiger charge is 2.27. The van der Waals surface area contributed by atoms with E-state index in [0.29, 0.717) is 19.2 Å². The van der Waals surface area contributed by atoms with Crippen LogP contribution in [0, 0.1) is 0 Å². The first-order chi connectivity index (χ1) is 10.4. The molecule has 1 unspecified atom stereocenters. The standard InChI is InChI=1S/C16H18N4O/c17-8-12-4-3-7-20(12)16-18-9-11-10-21-14-6-2-1-5-13(14)15(11)19-16/h1-2,5-6,9,12H,3-4,7-8,10,17H2. The van der Waals surface area contributed by atoms with Crippen LogP contribution in [0.3, 0.4) is 0 Å². The second kappa shape index (κ2) is 5.00. The molecule has 3 heterocycles. The van der Waals surface area contributed by atoms with Crippen molar-refractivity contribution in [2.24, 2.45) is 5.73 Å². The van der Waals surface area contributed by atoms with Crippen LogP contribution in [0.15, 0.2) is 30.5 Å². The number of nitrogens with two attached hydrogens (primary N) is 1. The van der Waals surface area contributed by atoms with Crippen molar-refractivity contribution in [3.05, 3.63) is 36.0 Å². The quantitative estimate of drug-likeness (QED) is 0.912. The second-order valence-electron chi connectivity index (χ2n) is 5.55. The fraction of sp³-hybridized carbons (Fsp3) is 0.375. The van der Waals surface area contributed by atoms with Gasteiger partial charge >= 0.3 is 0 Å². The third kappa shape index (κ3) is 2.05. The molecule has 1 saturated heterocycles. The molecule has 0 aliphatic carbocycles. The number of ether oxygens (including phenoxy) is 1. The molecule has 0 amide bonds. The Labute approximate surface area is 123 Å². The Kier molecular flexibility index (Phi) is 3.00. The van der Waals surface area contributed by atoms with E-state index >= 15 is 0 Å². The van der Waals surface area contributed by atoms with Crippen LogP contribution in [0.1, 0.15) is 18.4 Å². The van der Waals surface area contributed by atoms with Crippen LogP contribution < -0.4 is 15.4 Å². The van der Waals surface area contributed by atoms with E-state index in [0.717, 1.165) is 47.9 Å². The molecule has 1 atom stereocenters. The second-order valence-corrected chi connectivity index (χ2v) is 5.55. The van der Waals surface area contributed by atoms with Gasteiger partial charge in [-0.1, -0.05) is 12.1 Å². The van der Waals surface area contributed by atoms with Crippen LogP contribution >= 0.6 is 0 Å². The number of hydrogen-bond acceptors (Lipinski definition) is 5. The molecule has 1 aromatic heterocycles. The summed E-state index contributed by atoms with van der Waals surface area (Å²) in [7, 11) is 0. The third-order valence-electron chi connectivity index (χ3n) is 4.28. The lowest BCUT2D eigenvalue weighted by Gasteiger charge is -2.26. The lowest BCUT2D eigenvalue weighted by molar-refractivity contribution is 0.301. The van der Waals surface area contributed by atoms with Crippen molar-refractivity contribution in [2.75, 3.05) is 18.0 Å². The van der Waals surface area contributed by atoms with Gasteiger partial charge in [-0.25, -0.2) is 9.97 Å². The van der Waals surface area contributed by atoms with Gasteiger partial charge in [-0.05, 0) is 25.0 Å². The van der Waals surface area contributed by atoms with Gasteiger partial charge in [0.05, 0.1) is 5.69 Å². The maximum atomic E-state index is 5.86. The molecular weight excluding hydrogens is 264 g/mol. The zero-order valence-corrected chi connectivity index (χ0v) is 11.8. The fourth-order valence-corrected chi connectivity index (χ4v) is 3.16. The van der Waals surface area contributed by atoms with Gasteiger partial charge in [0, 0.05) is 36.5 Å². The molecule has 21 heavy (non-hydrogen) atoms. The average Bonchev–Trinajstić information content (AvgIpc) is 3.03. The predicted octanol–water partition coefficient (Wildman–Crippen LogP) is 1.96. The van der Waals surface area contributed by atoms with Gasteiger partial charge in [0.2, 0.25) is 5.95 Å². The summed E-state index contributed by atoms with van der Waals surface area (Å²) in [5.74, 6) is 1.69. The molecule has 1 aromatic carbocycles. The Morgan fingerprint density at radius 3 is 3.14 bits per heavy atom. The molecule has 0 bridgehead atoms. The Hall–Kier alpha value is -2.14. The van der Waals surface area contributed by atoms with E-state index in [2.05, 4.69) is 16.0 Å². The summed E-state index contributed by atoms with van der Waals surface area (Å²) < 4.78 is 5.74. The molecule has 2 aromatic rings. The summed E-state index contributed by atoms with van der Waals surface area (Å²) in [4.78, 5) is 11.6. The number of fused-ring (bicyclic) bond motifs is 3. The van der Waals surface area contributed by atoms with Crippen molar-refractivity contribution in [2.45, 2.75) is 25.5 Å². The smallest absolute Gasteiger partial charge is 0.226 e. The molecule has 108 valence electrons. The summed E-state index contributed by atoms with van der Waals surface area (Å²) in [6.07, 6.45) is 4.16. The minimum atomic E-state index is 0.359. The van der Waals surface area contributed by atoms with E-state index in [1.165, 1.54) is 0 Å². The van der Waals surface area contributed by atoms with Crippen LogP contribution in [0.25, 0.3) is 11.3 Å². The molecule has 5 heteroatoms. The van der Waals surface area contributed by atoms with Gasteiger partial charge in [0.15, 0.2) is 0 Å². The van der Waals surface area contributed by atoms with Gasteiger partial charge < -0.3 is 15.4 Å². The summed E-state index contributed by atoms with van der Waals surface area (Å²) in [5, 5.41) is 0. The van der Waals surface area contributed by atoms with E-state index in [9.17, 15) is 0 Å². The Morgan fingerprint density at radius 1 is 1.33 bits per heavy atom. The summed E-state index contributed by atoms with van der Waals surface area (Å²) in [5.41, 5.74) is 8.94. The first kappa shape index (κ1) is 12.6. The molecule has 2 aliphatic rings. The third-order valence-corrected chi connectivity index (χ3v) is 4.28. The monoisotopic (exact) mass is 282 g/mol. The van der Waals surface area contributed by atoms with Crippen LogP contribution in [-0.4, -0.2) is 29.1 Å². The largest absolute Gasteiger partial charge is 0.488 e. The topological polar surface area (TPSA) is 64.3 Å². The van der Waals surface area contributed by atoms with Crippen molar-refractivity contribution < 1.29 is 4.74 Å². The zero-order chi connectivity index (χ0) is 14.2. The highest BCUT2D eigenvalue weighted by molar-refractivity contribution is 5.72. The number of aromatic nitrogens is 2. The molecule has 1 fully saturated rings. The highest BCUT2D eigenvalue weighted by Crippen LogP contribution is 2.36. The number of anilines is 1. The molecular formula is C16H18N4O. The SMILES string of the molecule is NCC1CCCN1c1ncc2c(n1)-c1ccccc1OC2. The average molecular weight is 282 g/mol. The van der Waals surface area contributed by atoms with E-state index in [1.807, 2.05) is 24.4 Å². The van der Waals surface area contributed by atoms with Crippen molar-refractivity contribution in [3.8, 4) is 17.0 Å². The Bertz CT molecular complexity index is 673. The lowest BCUT2D eigenvalue weighted by Crippen LogP contribution is -2.36. The lowest BCUT2D eigenvalue weighted by atomic mass is 10.0. The zero-order valence-electron chi connectivity index (χ0n) is 11.8. The van der Waals surface area contributed by atoms with E-state index in [1.54, 1.807) is 0 Å². The van der Waals surface area contributed by atoms with Crippen molar-refractivity contribution >= 4 is 5.95 Å². The van der Waals surface area contributed by atoms with Crippen molar-refractivity contribution in [1.29, 1.82) is 0 Å². The first-order valence-electron chi connectivity index (χ1n) is 7.41. The van der Waals surface area contributed by atoms with Gasteiger partial charge in [-0.2, -0.15) is 0 Å². The molecule has 0 saturated carbocycles. The number of hydrogen-bond donors (Lipinski definition) is 1. The predicted molar refractivity (Wildman–Crippen MR) is 81.2 cm³/mol. The van der Waals surface area contributed by atoms with Crippen LogP contribution in [0.5, 0.6) is 5.75 Å². The highest BCUT2D eigenvalue weighted by atomic mass is 16.5. The first-order valence-corrected chi connectivity index (χ1v) is 7.41. The number of nitrogens with zero attached hydrogens (tertiary/aromatic N) is 3. The van der Waals surface area contributed by atoms with Crippen LogP contribution in [-0.2, 0) is 6.61 Å². The van der Waals surface area contributed by atoms with Crippen molar-refractivity contribution in [3.63, 3.8) is 0 Å². The summed E-state index contributed by atoms with van der Waals surface area (Å²) >= 11 is 0. The number of para-hydroxylation sites is 1. The van der Waals surface area contributed by atoms with Gasteiger partial charge in [-0.3, -0.25) is 0 Å². The molecule has 5 nitrogen and oxygen atoms in total. The number of rotatable bonds is 2. The molecule has 4 rings (SSSR count). The maximum absolute atomic E-state index is 5.86. The molecule has 2 aliphatic heterocycles. The minimum absolute atomic E-state index is 0.359. The van der Waals surface area contributed by atoms with E-state index in [4.69, 9.17) is 15.5 Å². The Balaban J connectivity index is 1.78. The van der Waals surface area contributed by atoms with Crippen molar-refractivity contribution in [1.82, 2.24) is 9.97 Å². The van der Waals surface area contributed by atoms with E-state index in [-0.39, 0.29) is 0 Å². The van der Waals surface area contributed by atoms with Crippen LogP contribution in [0.4, 0.5) is 5.95 Å². The van der Waals surface area contributed by atoms with Gasteiger partial charge in [0.25, 0.3) is 0 Å². The van der Waals surface area contributed by atoms with E-state index < -0.39 is 0 Å². The van der Waals surface area contributed by atoms with Crippen LogP contribution in [0.2, 0.25) is 0 Å². The molecule has 0 spiro atoms. The summed E-state index contributed by atoms with van der Waals surface area (Å²) in [6.45, 7) is 2.17. The molecule has 0 radical (unpaired) electrons.